The molecule has 7 N–H and O–H groups in total. The largest absolute Gasteiger partial charge is 0.480 e. The van der Waals surface area contributed by atoms with Crippen LogP contribution in [0, 0.1) is 5.92 Å². The first-order valence-corrected chi connectivity index (χ1v) is 9.61. The van der Waals surface area contributed by atoms with Crippen LogP contribution in [-0.2, 0) is 25.6 Å². The van der Waals surface area contributed by atoms with Crippen LogP contribution in [0.4, 0.5) is 0 Å². The molecule has 1 rings (SSSR count). The van der Waals surface area contributed by atoms with E-state index < -0.39 is 54.5 Å². The molecule has 30 heavy (non-hydrogen) atoms. The van der Waals surface area contributed by atoms with Gasteiger partial charge in [-0.15, -0.1) is 0 Å². The Hall–Kier alpha value is -2.98. The minimum absolute atomic E-state index is 0.0353. The number of benzene rings is 1. The second-order valence-electron chi connectivity index (χ2n) is 7.33. The molecule has 0 aromatic heterocycles. The number of hydrogen-bond acceptors (Lipinski definition) is 6. The molecule has 0 radical (unpaired) electrons. The fraction of sp³-hybridized carbons (Fsp3) is 0.500. The Bertz CT molecular complexity index is 740. The number of carboxylic acids is 1. The summed E-state index contributed by atoms with van der Waals surface area (Å²) in [6, 6.07) is 4.28. The Balaban J connectivity index is 2.70. The van der Waals surface area contributed by atoms with Gasteiger partial charge >= 0.3 is 5.97 Å². The number of aliphatic hydroxyl groups is 1. The van der Waals surface area contributed by atoms with Gasteiger partial charge in [0.2, 0.25) is 17.7 Å². The highest BCUT2D eigenvalue weighted by Gasteiger charge is 2.28. The smallest absolute Gasteiger partial charge is 0.326 e. The third-order valence-electron chi connectivity index (χ3n) is 4.49. The van der Waals surface area contributed by atoms with Gasteiger partial charge in [-0.05, 0) is 18.4 Å². The maximum atomic E-state index is 12.4. The minimum Gasteiger partial charge on any atom is -0.480 e. The molecule has 3 amide bonds. The first kappa shape index (κ1) is 25.1. The molecule has 0 bridgehead atoms. The molecule has 1 aromatic rings. The summed E-state index contributed by atoms with van der Waals surface area (Å²) in [5, 5.41) is 25.9. The lowest BCUT2D eigenvalue weighted by Crippen LogP contribution is -2.58. The van der Waals surface area contributed by atoms with Crippen molar-refractivity contribution in [2.45, 2.75) is 51.4 Å². The van der Waals surface area contributed by atoms with E-state index >= 15 is 0 Å². The average Bonchev–Trinajstić information content (AvgIpc) is 2.70. The van der Waals surface area contributed by atoms with Crippen molar-refractivity contribution >= 4 is 23.7 Å². The molecule has 0 heterocycles. The van der Waals surface area contributed by atoms with Crippen LogP contribution in [0.15, 0.2) is 30.3 Å². The highest BCUT2D eigenvalue weighted by Crippen LogP contribution is 2.04. The Morgan fingerprint density at radius 2 is 1.47 bits per heavy atom. The number of carbonyl (C=O) groups excluding carboxylic acids is 3. The van der Waals surface area contributed by atoms with Gasteiger partial charge < -0.3 is 31.9 Å². The Labute approximate surface area is 175 Å². The van der Waals surface area contributed by atoms with Gasteiger partial charge in [0.25, 0.3) is 0 Å². The Morgan fingerprint density at radius 3 is 1.97 bits per heavy atom. The van der Waals surface area contributed by atoms with E-state index in [0.29, 0.717) is 5.56 Å². The summed E-state index contributed by atoms with van der Waals surface area (Å²) < 4.78 is 0. The van der Waals surface area contributed by atoms with Gasteiger partial charge in [-0.1, -0.05) is 44.2 Å². The maximum Gasteiger partial charge on any atom is 0.326 e. The number of aliphatic hydroxyl groups excluding tert-OH is 1. The molecule has 0 fully saturated rings. The zero-order valence-electron chi connectivity index (χ0n) is 17.3. The first-order chi connectivity index (χ1) is 14.1. The van der Waals surface area contributed by atoms with E-state index in [1.807, 2.05) is 0 Å². The summed E-state index contributed by atoms with van der Waals surface area (Å²) in [4.78, 5) is 48.2. The molecule has 0 saturated carbocycles. The number of aliphatic carboxylic acids is 1. The number of hydrogen-bond donors (Lipinski definition) is 6. The number of nitrogens with one attached hydrogen (secondary N) is 3. The summed E-state index contributed by atoms with van der Waals surface area (Å²) in [5.41, 5.74) is 6.43. The van der Waals surface area contributed by atoms with Crippen LogP contribution in [0.5, 0.6) is 0 Å². The molecule has 4 atom stereocenters. The van der Waals surface area contributed by atoms with Crippen molar-refractivity contribution in [3.05, 3.63) is 35.9 Å². The summed E-state index contributed by atoms with van der Waals surface area (Å²) in [5.74, 6) is -3.48. The monoisotopic (exact) mass is 422 g/mol. The summed E-state index contributed by atoms with van der Waals surface area (Å²) in [7, 11) is 0. The van der Waals surface area contributed by atoms with E-state index in [1.165, 1.54) is 6.92 Å². The zero-order valence-corrected chi connectivity index (χ0v) is 17.3. The summed E-state index contributed by atoms with van der Waals surface area (Å²) in [6.45, 7) is 4.17. The van der Waals surface area contributed by atoms with Crippen molar-refractivity contribution in [3.8, 4) is 0 Å². The molecule has 0 saturated heterocycles. The fourth-order valence-corrected chi connectivity index (χ4v) is 2.49. The minimum atomic E-state index is -1.38. The van der Waals surface area contributed by atoms with Crippen molar-refractivity contribution in [3.63, 3.8) is 0 Å². The van der Waals surface area contributed by atoms with Crippen LogP contribution >= 0.6 is 0 Å². The van der Waals surface area contributed by atoms with Gasteiger partial charge in [-0.25, -0.2) is 4.79 Å². The SMILES string of the molecule is CC(NC(=O)C(N)C(C)C)C(=O)NC(CO)C(=O)NC(Cc1ccccc1)C(=O)O. The van der Waals surface area contributed by atoms with Crippen LogP contribution < -0.4 is 21.7 Å². The highest BCUT2D eigenvalue weighted by molar-refractivity contribution is 5.94. The lowest BCUT2D eigenvalue weighted by molar-refractivity contribution is -0.142. The molecule has 0 spiro atoms. The molecule has 0 aliphatic heterocycles. The lowest BCUT2D eigenvalue weighted by Gasteiger charge is -2.23. The second kappa shape index (κ2) is 11.9. The summed E-state index contributed by atoms with van der Waals surface area (Å²) >= 11 is 0. The fourth-order valence-electron chi connectivity index (χ4n) is 2.49. The van der Waals surface area contributed by atoms with Crippen molar-refractivity contribution in [2.75, 3.05) is 6.61 Å². The predicted molar refractivity (Wildman–Crippen MR) is 109 cm³/mol. The number of amides is 3. The zero-order chi connectivity index (χ0) is 22.8. The van der Waals surface area contributed by atoms with Crippen LogP contribution in [0.25, 0.3) is 0 Å². The van der Waals surface area contributed by atoms with Gasteiger partial charge in [-0.3, -0.25) is 14.4 Å². The van der Waals surface area contributed by atoms with E-state index in [4.69, 9.17) is 5.73 Å². The Morgan fingerprint density at radius 1 is 0.900 bits per heavy atom. The molecular formula is C20H30N4O6. The molecule has 10 heteroatoms. The number of rotatable bonds is 11. The van der Waals surface area contributed by atoms with Crippen molar-refractivity contribution in [2.24, 2.45) is 11.7 Å². The third kappa shape index (κ3) is 7.80. The summed E-state index contributed by atoms with van der Waals surface area (Å²) in [6.07, 6.45) is 0.0353. The van der Waals surface area contributed by atoms with E-state index in [1.54, 1.807) is 44.2 Å². The second-order valence-corrected chi connectivity index (χ2v) is 7.33. The standard InChI is InChI=1S/C20H30N4O6/c1-11(2)16(21)19(28)22-12(3)17(26)24-15(10-25)18(27)23-14(20(29)30)9-13-7-5-4-6-8-13/h4-8,11-12,14-16,25H,9-10,21H2,1-3H3,(H,22,28)(H,23,27)(H,24,26)(H,29,30). The van der Waals surface area contributed by atoms with Crippen LogP contribution in [-0.4, -0.2) is 64.7 Å². The molecule has 1 aromatic carbocycles. The quantitative estimate of drug-likeness (QED) is 0.259. The average molecular weight is 422 g/mol. The van der Waals surface area contributed by atoms with E-state index in [2.05, 4.69) is 16.0 Å². The first-order valence-electron chi connectivity index (χ1n) is 9.61. The number of nitrogens with two attached hydrogens (primary N) is 1. The van der Waals surface area contributed by atoms with Gasteiger partial charge in [0.15, 0.2) is 0 Å². The van der Waals surface area contributed by atoms with Crippen molar-refractivity contribution < 1.29 is 29.4 Å². The van der Waals surface area contributed by atoms with Crippen molar-refractivity contribution in [1.29, 1.82) is 0 Å². The van der Waals surface area contributed by atoms with Crippen LogP contribution in [0.1, 0.15) is 26.3 Å². The van der Waals surface area contributed by atoms with Gasteiger partial charge in [0.05, 0.1) is 12.6 Å². The van der Waals surface area contributed by atoms with Crippen LogP contribution in [0.2, 0.25) is 0 Å². The molecule has 4 unspecified atom stereocenters. The van der Waals surface area contributed by atoms with E-state index in [0.717, 1.165) is 0 Å². The Kier molecular flexibility index (Phi) is 9.93. The normalized spacial score (nSPS) is 14.9. The molecular weight excluding hydrogens is 392 g/mol. The van der Waals surface area contributed by atoms with Crippen molar-refractivity contribution in [1.82, 2.24) is 16.0 Å². The van der Waals surface area contributed by atoms with Gasteiger partial charge in [0, 0.05) is 6.42 Å². The van der Waals surface area contributed by atoms with Gasteiger partial charge in [-0.2, -0.15) is 0 Å². The maximum absolute atomic E-state index is 12.4. The van der Waals surface area contributed by atoms with Crippen LogP contribution in [0.3, 0.4) is 0 Å². The number of carboxylic acid groups (broad SMARTS) is 1. The highest BCUT2D eigenvalue weighted by atomic mass is 16.4. The lowest BCUT2D eigenvalue weighted by atomic mass is 10.0. The molecule has 10 nitrogen and oxygen atoms in total. The van der Waals surface area contributed by atoms with E-state index in [-0.39, 0.29) is 12.3 Å². The molecule has 0 aliphatic carbocycles. The molecule has 0 aliphatic rings. The third-order valence-corrected chi connectivity index (χ3v) is 4.49. The number of carbonyl (C=O) groups is 4. The predicted octanol–water partition coefficient (Wildman–Crippen LogP) is -1.24. The van der Waals surface area contributed by atoms with E-state index in [9.17, 15) is 29.4 Å². The topological polar surface area (TPSA) is 171 Å². The van der Waals surface area contributed by atoms with Gasteiger partial charge in [0.1, 0.15) is 18.1 Å². The molecule has 166 valence electrons.